The zero-order valence-corrected chi connectivity index (χ0v) is 12.9. The third-order valence-electron chi connectivity index (χ3n) is 3.84. The third-order valence-corrected chi connectivity index (χ3v) is 4.78. The molecule has 112 valence electrons. The summed E-state index contributed by atoms with van der Waals surface area (Å²) < 4.78 is 1.46. The van der Waals surface area contributed by atoms with E-state index in [1.54, 1.807) is 0 Å². The number of nitrogens with two attached hydrogens (primary N) is 1. The van der Waals surface area contributed by atoms with E-state index in [0.29, 0.717) is 22.9 Å². The van der Waals surface area contributed by atoms with Gasteiger partial charge in [0.2, 0.25) is 11.1 Å². The number of nitrogen functional groups attached to an aromatic ring is 1. The fourth-order valence-corrected chi connectivity index (χ4v) is 3.24. The van der Waals surface area contributed by atoms with Gasteiger partial charge in [-0.2, -0.15) is 0 Å². The van der Waals surface area contributed by atoms with Gasteiger partial charge in [-0.1, -0.05) is 38.5 Å². The molecule has 1 fully saturated rings. The van der Waals surface area contributed by atoms with Crippen LogP contribution in [0.15, 0.2) is 5.16 Å². The van der Waals surface area contributed by atoms with Crippen molar-refractivity contribution in [1.29, 1.82) is 0 Å². The molecule has 1 aliphatic carbocycles. The van der Waals surface area contributed by atoms with E-state index in [1.165, 1.54) is 35.7 Å². The number of thioether (sulfide) groups is 1. The fraction of sp³-hybridized carbons (Fsp3) is 0.769. The molecule has 0 radical (unpaired) electrons. The van der Waals surface area contributed by atoms with Crippen LogP contribution in [0.1, 0.15) is 45.4 Å². The van der Waals surface area contributed by atoms with E-state index >= 15 is 0 Å². The number of amides is 1. The first-order valence-corrected chi connectivity index (χ1v) is 8.22. The van der Waals surface area contributed by atoms with E-state index in [2.05, 4.69) is 22.4 Å². The van der Waals surface area contributed by atoms with E-state index in [0.717, 1.165) is 18.7 Å². The molecule has 3 N–H and O–H groups in total. The molecule has 2 rings (SSSR count). The van der Waals surface area contributed by atoms with E-state index in [4.69, 9.17) is 5.84 Å². The third kappa shape index (κ3) is 3.65. The Kier molecular flexibility index (Phi) is 5.28. The number of carbonyl (C=O) groups excluding carboxylic acids is 1. The maximum atomic E-state index is 12.0. The van der Waals surface area contributed by atoms with Gasteiger partial charge in [-0.05, 0) is 18.8 Å². The lowest BCUT2D eigenvalue weighted by Crippen LogP contribution is -2.41. The first-order valence-electron chi connectivity index (χ1n) is 7.23. The van der Waals surface area contributed by atoms with E-state index < -0.39 is 0 Å². The minimum Gasteiger partial charge on any atom is -0.352 e. The number of rotatable bonds is 5. The Labute approximate surface area is 123 Å². The molecule has 1 aromatic heterocycles. The van der Waals surface area contributed by atoms with Crippen LogP contribution in [0, 0.1) is 5.92 Å². The largest absolute Gasteiger partial charge is 0.352 e. The summed E-state index contributed by atoms with van der Waals surface area (Å²) in [7, 11) is 0. The molecule has 0 spiro atoms. The molecule has 1 saturated carbocycles. The predicted octanol–water partition coefficient (Wildman–Crippen LogP) is 1.34. The molecular weight excluding hydrogens is 274 g/mol. The smallest absolute Gasteiger partial charge is 0.230 e. The molecule has 6 nitrogen and oxygen atoms in total. The highest BCUT2D eigenvalue weighted by Gasteiger charge is 2.23. The molecule has 0 saturated heterocycles. The van der Waals surface area contributed by atoms with Gasteiger partial charge in [0.25, 0.3) is 0 Å². The van der Waals surface area contributed by atoms with Gasteiger partial charge in [0.1, 0.15) is 0 Å². The lowest BCUT2D eigenvalue weighted by Gasteiger charge is -2.29. The van der Waals surface area contributed by atoms with Crippen molar-refractivity contribution in [1.82, 2.24) is 20.2 Å². The average Bonchev–Trinajstić information content (AvgIpc) is 2.79. The van der Waals surface area contributed by atoms with Crippen molar-refractivity contribution in [3.8, 4) is 0 Å². The molecule has 1 amide bonds. The van der Waals surface area contributed by atoms with E-state index in [1.807, 2.05) is 6.92 Å². The molecule has 20 heavy (non-hydrogen) atoms. The topological polar surface area (TPSA) is 85.8 Å². The van der Waals surface area contributed by atoms with Crippen molar-refractivity contribution in [2.75, 3.05) is 11.6 Å². The number of hydrogen-bond donors (Lipinski definition) is 2. The summed E-state index contributed by atoms with van der Waals surface area (Å²) in [6.45, 7) is 4.18. The van der Waals surface area contributed by atoms with Crippen molar-refractivity contribution in [3.05, 3.63) is 5.82 Å². The van der Waals surface area contributed by atoms with Gasteiger partial charge in [0.05, 0.1) is 5.75 Å². The van der Waals surface area contributed by atoms with Crippen LogP contribution in [0.3, 0.4) is 0 Å². The van der Waals surface area contributed by atoms with E-state index in [9.17, 15) is 4.79 Å². The summed E-state index contributed by atoms with van der Waals surface area (Å²) >= 11 is 1.33. The van der Waals surface area contributed by atoms with Crippen molar-refractivity contribution in [3.63, 3.8) is 0 Å². The first kappa shape index (κ1) is 15.2. The Morgan fingerprint density at radius 1 is 1.45 bits per heavy atom. The summed E-state index contributed by atoms with van der Waals surface area (Å²) in [6.07, 6.45) is 5.51. The second-order valence-corrected chi connectivity index (χ2v) is 6.29. The Morgan fingerprint density at radius 2 is 2.20 bits per heavy atom. The summed E-state index contributed by atoms with van der Waals surface area (Å²) in [5.41, 5.74) is 0. The zero-order valence-electron chi connectivity index (χ0n) is 12.1. The van der Waals surface area contributed by atoms with Crippen LogP contribution in [0.5, 0.6) is 0 Å². The summed E-state index contributed by atoms with van der Waals surface area (Å²) in [5.74, 6) is 7.53. The summed E-state index contributed by atoms with van der Waals surface area (Å²) in [4.78, 5) is 12.0. The second kappa shape index (κ2) is 6.97. The molecule has 1 aromatic rings. The molecule has 0 aromatic carbocycles. The van der Waals surface area contributed by atoms with Gasteiger partial charge >= 0.3 is 0 Å². The molecule has 0 unspecified atom stereocenters. The van der Waals surface area contributed by atoms with Gasteiger partial charge in [-0.15, -0.1) is 10.2 Å². The number of aryl methyl sites for hydroxylation is 1. The van der Waals surface area contributed by atoms with Gasteiger partial charge in [-0.3, -0.25) is 4.79 Å². The Balaban J connectivity index is 1.81. The molecule has 0 bridgehead atoms. The normalized spacial score (nSPS) is 22.7. The molecular formula is C13H23N5OS. The highest BCUT2D eigenvalue weighted by atomic mass is 32.2. The second-order valence-electron chi connectivity index (χ2n) is 5.35. The highest BCUT2D eigenvalue weighted by molar-refractivity contribution is 7.99. The standard InChI is InChI=1S/C13H23N5OS/c1-3-11-16-17-13(18(11)14)20-8-12(19)15-10-7-5-4-6-9(10)2/h9-10H,3-8,14H2,1-2H3,(H,15,19)/t9-,10-/m1/s1. The number of carbonyl (C=O) groups is 1. The maximum Gasteiger partial charge on any atom is 0.230 e. The summed E-state index contributed by atoms with van der Waals surface area (Å²) in [5, 5.41) is 11.7. The quantitative estimate of drug-likeness (QED) is 0.633. The SMILES string of the molecule is CCc1nnc(SCC(=O)N[C@@H]2CCCC[C@H]2C)n1N. The van der Waals surface area contributed by atoms with Crippen LogP contribution in [0.4, 0.5) is 0 Å². The van der Waals surface area contributed by atoms with Crippen LogP contribution >= 0.6 is 11.8 Å². The van der Waals surface area contributed by atoms with Crippen LogP contribution in [-0.4, -0.2) is 32.6 Å². The Hall–Kier alpha value is -1.24. The maximum absolute atomic E-state index is 12.0. The molecule has 2 atom stereocenters. The minimum atomic E-state index is 0.0507. The highest BCUT2D eigenvalue weighted by Crippen LogP contribution is 2.24. The van der Waals surface area contributed by atoms with Crippen LogP contribution < -0.4 is 11.2 Å². The Morgan fingerprint density at radius 3 is 2.85 bits per heavy atom. The van der Waals surface area contributed by atoms with Crippen molar-refractivity contribution < 1.29 is 4.79 Å². The fourth-order valence-electron chi connectivity index (χ4n) is 2.56. The van der Waals surface area contributed by atoms with Crippen LogP contribution in [0.2, 0.25) is 0 Å². The summed E-state index contributed by atoms with van der Waals surface area (Å²) in [6, 6.07) is 0.318. The van der Waals surface area contributed by atoms with Crippen molar-refractivity contribution in [2.45, 2.75) is 57.1 Å². The molecule has 7 heteroatoms. The number of nitrogens with zero attached hydrogens (tertiary/aromatic N) is 3. The lowest BCUT2D eigenvalue weighted by atomic mass is 9.86. The first-order chi connectivity index (χ1) is 9.61. The average molecular weight is 297 g/mol. The predicted molar refractivity (Wildman–Crippen MR) is 79.8 cm³/mol. The van der Waals surface area contributed by atoms with Gasteiger partial charge in [-0.25, -0.2) is 4.68 Å². The van der Waals surface area contributed by atoms with Gasteiger partial charge in [0.15, 0.2) is 5.82 Å². The van der Waals surface area contributed by atoms with Crippen LogP contribution in [0.25, 0.3) is 0 Å². The molecule has 0 aliphatic heterocycles. The van der Waals surface area contributed by atoms with Crippen LogP contribution in [-0.2, 0) is 11.2 Å². The minimum absolute atomic E-state index is 0.0507. The van der Waals surface area contributed by atoms with Gasteiger partial charge < -0.3 is 11.2 Å². The van der Waals surface area contributed by atoms with Gasteiger partial charge in [0, 0.05) is 12.5 Å². The number of hydrogen-bond acceptors (Lipinski definition) is 5. The van der Waals surface area contributed by atoms with E-state index in [-0.39, 0.29) is 5.91 Å². The number of nitrogens with one attached hydrogen (secondary N) is 1. The molecule has 1 heterocycles. The molecule has 1 aliphatic rings. The monoisotopic (exact) mass is 297 g/mol. The Bertz CT molecular complexity index is 462. The van der Waals surface area contributed by atoms with Crippen molar-refractivity contribution >= 4 is 17.7 Å². The van der Waals surface area contributed by atoms with Crippen molar-refractivity contribution in [2.24, 2.45) is 5.92 Å². The number of aromatic nitrogens is 3. The zero-order chi connectivity index (χ0) is 14.5. The lowest BCUT2D eigenvalue weighted by molar-refractivity contribution is -0.119.